The molecule has 0 fully saturated rings. The van der Waals surface area contributed by atoms with E-state index in [1.165, 1.54) is 24.3 Å². The van der Waals surface area contributed by atoms with E-state index in [-0.39, 0.29) is 27.6 Å². The number of hydrogen-bond acceptors (Lipinski definition) is 6. The summed E-state index contributed by atoms with van der Waals surface area (Å²) in [5.41, 5.74) is 6.92. The highest BCUT2D eigenvalue weighted by Crippen LogP contribution is 2.30. The lowest BCUT2D eigenvalue weighted by Gasteiger charge is -2.12. The number of benzene rings is 2. The van der Waals surface area contributed by atoms with E-state index < -0.39 is 23.4 Å². The Morgan fingerprint density at radius 2 is 1.96 bits per heavy atom. The highest BCUT2D eigenvalue weighted by molar-refractivity contribution is 6.33. The number of nitrogens with one attached hydrogen (secondary N) is 1. The fourth-order valence-corrected chi connectivity index (χ4v) is 2.39. The van der Waals surface area contributed by atoms with Gasteiger partial charge >= 0.3 is 5.97 Å². The second-order valence-electron chi connectivity index (χ2n) is 5.48. The van der Waals surface area contributed by atoms with Gasteiger partial charge in [0.2, 0.25) is 0 Å². The van der Waals surface area contributed by atoms with Gasteiger partial charge in [-0.15, -0.1) is 0 Å². The zero-order valence-electron chi connectivity index (χ0n) is 14.0. The van der Waals surface area contributed by atoms with Crippen LogP contribution in [-0.2, 0) is 9.53 Å². The molecule has 0 aliphatic carbocycles. The number of amides is 1. The lowest BCUT2D eigenvalue weighted by Crippen LogP contribution is -2.22. The molecule has 2 aromatic rings. The predicted molar refractivity (Wildman–Crippen MR) is 97.3 cm³/mol. The maximum atomic E-state index is 12.1. The molecule has 0 spiro atoms. The number of nitro groups is 1. The second-order valence-corrected chi connectivity index (χ2v) is 5.89. The molecular weight excluding hydrogens is 362 g/mol. The van der Waals surface area contributed by atoms with Gasteiger partial charge in [0.1, 0.15) is 5.69 Å². The maximum Gasteiger partial charge on any atom is 0.340 e. The van der Waals surface area contributed by atoms with Crippen molar-refractivity contribution in [2.45, 2.75) is 13.8 Å². The highest BCUT2D eigenvalue weighted by Gasteiger charge is 2.20. The van der Waals surface area contributed by atoms with Crippen molar-refractivity contribution in [1.29, 1.82) is 0 Å². The van der Waals surface area contributed by atoms with E-state index in [0.29, 0.717) is 5.56 Å². The third-order valence-corrected chi connectivity index (χ3v) is 4.11. The monoisotopic (exact) mass is 377 g/mol. The Balaban J connectivity index is 2.10. The summed E-state index contributed by atoms with van der Waals surface area (Å²) in [7, 11) is 0. The number of ether oxygens (including phenoxy) is 1. The molecule has 8 nitrogen and oxygen atoms in total. The number of nitro benzene ring substituents is 1. The summed E-state index contributed by atoms with van der Waals surface area (Å²) < 4.78 is 4.91. The zero-order valence-corrected chi connectivity index (χ0v) is 14.8. The van der Waals surface area contributed by atoms with Crippen LogP contribution >= 0.6 is 11.6 Å². The largest absolute Gasteiger partial charge is 0.452 e. The molecule has 0 aromatic heterocycles. The molecule has 0 saturated carbocycles. The molecule has 0 bridgehead atoms. The number of halogens is 1. The van der Waals surface area contributed by atoms with Gasteiger partial charge in [0, 0.05) is 6.07 Å². The highest BCUT2D eigenvalue weighted by atomic mass is 35.5. The van der Waals surface area contributed by atoms with Crippen molar-refractivity contribution >= 4 is 40.5 Å². The first-order chi connectivity index (χ1) is 12.2. The van der Waals surface area contributed by atoms with Crippen molar-refractivity contribution < 1.29 is 19.2 Å². The third-order valence-electron chi connectivity index (χ3n) is 3.78. The first-order valence-corrected chi connectivity index (χ1v) is 7.85. The number of rotatable bonds is 5. The van der Waals surface area contributed by atoms with Crippen LogP contribution in [0, 0.1) is 24.0 Å². The van der Waals surface area contributed by atoms with Gasteiger partial charge in [-0.1, -0.05) is 23.7 Å². The summed E-state index contributed by atoms with van der Waals surface area (Å²) in [4.78, 5) is 34.6. The third kappa shape index (κ3) is 4.09. The number of aryl methyl sites for hydroxylation is 1. The number of nitrogens with two attached hydrogens (primary N) is 1. The molecule has 2 aromatic carbocycles. The minimum Gasteiger partial charge on any atom is -0.452 e. The molecule has 3 N–H and O–H groups in total. The summed E-state index contributed by atoms with van der Waals surface area (Å²) in [6.45, 7) is 2.78. The minimum absolute atomic E-state index is 0.0306. The molecule has 136 valence electrons. The van der Waals surface area contributed by atoms with E-state index in [0.717, 1.165) is 5.56 Å². The molecule has 0 atom stereocenters. The van der Waals surface area contributed by atoms with Crippen LogP contribution in [-0.4, -0.2) is 23.4 Å². The lowest BCUT2D eigenvalue weighted by atomic mass is 10.1. The van der Waals surface area contributed by atoms with Gasteiger partial charge in [-0.05, 0) is 37.1 Å². The van der Waals surface area contributed by atoms with Gasteiger partial charge in [-0.25, -0.2) is 4.79 Å². The Kier molecular flexibility index (Phi) is 5.78. The van der Waals surface area contributed by atoms with Gasteiger partial charge in [-0.2, -0.15) is 0 Å². The number of hydrogen-bond donors (Lipinski definition) is 2. The van der Waals surface area contributed by atoms with E-state index >= 15 is 0 Å². The summed E-state index contributed by atoms with van der Waals surface area (Å²) >= 11 is 5.83. The maximum absolute atomic E-state index is 12.1. The normalized spacial score (nSPS) is 10.3. The molecular formula is C17H16ClN3O5. The van der Waals surface area contributed by atoms with Crippen LogP contribution in [0.5, 0.6) is 0 Å². The van der Waals surface area contributed by atoms with Crippen molar-refractivity contribution in [2.75, 3.05) is 17.7 Å². The van der Waals surface area contributed by atoms with Crippen LogP contribution in [0.4, 0.5) is 17.1 Å². The van der Waals surface area contributed by atoms with Crippen molar-refractivity contribution in [3.8, 4) is 0 Å². The van der Waals surface area contributed by atoms with Crippen molar-refractivity contribution in [1.82, 2.24) is 0 Å². The number of anilines is 2. The topological polar surface area (TPSA) is 125 Å². The van der Waals surface area contributed by atoms with Crippen molar-refractivity contribution in [2.24, 2.45) is 0 Å². The minimum atomic E-state index is -0.824. The average molecular weight is 378 g/mol. The Morgan fingerprint density at radius 1 is 1.27 bits per heavy atom. The quantitative estimate of drug-likeness (QED) is 0.356. The molecule has 0 heterocycles. The van der Waals surface area contributed by atoms with E-state index in [2.05, 4.69) is 5.32 Å². The molecule has 1 amide bonds. The molecule has 0 aliphatic rings. The SMILES string of the molecule is Cc1ccc([N+](=O)[O-])c(NC(=O)COC(=O)c2cccc(Cl)c2N)c1C. The van der Waals surface area contributed by atoms with Crippen LogP contribution in [0.15, 0.2) is 30.3 Å². The van der Waals surface area contributed by atoms with Gasteiger partial charge in [0.05, 0.1) is 21.2 Å². The number of esters is 1. The van der Waals surface area contributed by atoms with E-state index in [1.54, 1.807) is 19.9 Å². The first kappa shape index (κ1) is 19.2. The Hall–Kier alpha value is -3.13. The van der Waals surface area contributed by atoms with E-state index in [4.69, 9.17) is 22.1 Å². The van der Waals surface area contributed by atoms with Gasteiger partial charge in [-0.3, -0.25) is 14.9 Å². The number of para-hydroxylation sites is 1. The molecule has 9 heteroatoms. The van der Waals surface area contributed by atoms with Crippen molar-refractivity contribution in [3.63, 3.8) is 0 Å². The van der Waals surface area contributed by atoms with E-state index in [1.807, 2.05) is 0 Å². The average Bonchev–Trinajstić information content (AvgIpc) is 2.59. The summed E-state index contributed by atoms with van der Waals surface area (Å²) in [6, 6.07) is 7.34. The molecule has 2 rings (SSSR count). The summed E-state index contributed by atoms with van der Waals surface area (Å²) in [6.07, 6.45) is 0. The Morgan fingerprint density at radius 3 is 2.62 bits per heavy atom. The number of nitrogens with zero attached hydrogens (tertiary/aromatic N) is 1. The van der Waals surface area contributed by atoms with Crippen LogP contribution in [0.3, 0.4) is 0 Å². The molecule has 0 radical (unpaired) electrons. The predicted octanol–water partition coefficient (Wildman–Crippen LogP) is 3.24. The number of nitrogen functional groups attached to an aromatic ring is 1. The van der Waals surface area contributed by atoms with Gasteiger partial charge < -0.3 is 15.8 Å². The zero-order chi connectivity index (χ0) is 19.4. The standard InChI is InChI=1S/C17H16ClN3O5/c1-9-6-7-13(21(24)25)16(10(9)2)20-14(22)8-26-17(23)11-4-3-5-12(18)15(11)19/h3-7H,8,19H2,1-2H3,(H,20,22). The smallest absolute Gasteiger partial charge is 0.340 e. The van der Waals surface area contributed by atoms with Crippen LogP contribution in [0.2, 0.25) is 5.02 Å². The molecule has 0 aliphatic heterocycles. The fraction of sp³-hybridized carbons (Fsp3) is 0.176. The number of carbonyl (C=O) groups is 2. The van der Waals surface area contributed by atoms with Crippen LogP contribution in [0.25, 0.3) is 0 Å². The molecule has 26 heavy (non-hydrogen) atoms. The number of carbonyl (C=O) groups excluding carboxylic acids is 2. The summed E-state index contributed by atoms with van der Waals surface area (Å²) in [5, 5.41) is 13.7. The summed E-state index contributed by atoms with van der Waals surface area (Å²) in [5.74, 6) is -1.54. The van der Waals surface area contributed by atoms with E-state index in [9.17, 15) is 19.7 Å². The van der Waals surface area contributed by atoms with Gasteiger partial charge in [0.25, 0.3) is 11.6 Å². The lowest BCUT2D eigenvalue weighted by molar-refractivity contribution is -0.384. The Labute approximate surface area is 154 Å². The van der Waals surface area contributed by atoms with Crippen LogP contribution in [0.1, 0.15) is 21.5 Å². The fourth-order valence-electron chi connectivity index (χ4n) is 2.21. The molecule has 0 unspecified atom stereocenters. The Bertz CT molecular complexity index is 898. The van der Waals surface area contributed by atoms with Crippen LogP contribution < -0.4 is 11.1 Å². The van der Waals surface area contributed by atoms with Gasteiger partial charge in [0.15, 0.2) is 6.61 Å². The first-order valence-electron chi connectivity index (χ1n) is 7.48. The van der Waals surface area contributed by atoms with Crippen molar-refractivity contribution in [3.05, 3.63) is 62.2 Å². The molecule has 0 saturated heterocycles. The second kappa shape index (κ2) is 7.83.